The molecule has 2 heterocycles. The zero-order valence-electron chi connectivity index (χ0n) is 34.5. The zero-order chi connectivity index (χ0) is 39.7. The predicted octanol–water partition coefficient (Wildman–Crippen LogP) is 14.5. The van der Waals surface area contributed by atoms with Crippen molar-refractivity contribution in [2.45, 2.75) is 80.1 Å². The third kappa shape index (κ3) is 7.75. The van der Waals surface area contributed by atoms with E-state index in [1.807, 2.05) is 12.3 Å². The van der Waals surface area contributed by atoms with Crippen LogP contribution in [-0.2, 0) is 31.9 Å². The number of nitrogens with zero attached hydrogens (tertiary/aromatic N) is 2. The summed E-state index contributed by atoms with van der Waals surface area (Å²) in [6.45, 7) is 22.1. The molecule has 0 fully saturated rings. The molecule has 0 unspecified atom stereocenters. The van der Waals surface area contributed by atoms with Crippen LogP contribution in [0.5, 0.6) is 5.75 Å². The number of rotatable bonds is 5. The van der Waals surface area contributed by atoms with E-state index in [1.54, 1.807) is 17.4 Å². The maximum absolute atomic E-state index is 11.2. The summed E-state index contributed by atoms with van der Waals surface area (Å²) in [4.78, 5) is 10.3. The molecule has 3 nitrogen and oxygen atoms in total. The van der Waals surface area contributed by atoms with Gasteiger partial charge in [0.05, 0.1) is 11.1 Å². The zero-order valence-corrected chi connectivity index (χ0v) is 37.5. The number of phenols is 1. The summed E-state index contributed by atoms with van der Waals surface area (Å²) >= 11 is 1.62. The average Bonchev–Trinajstić information content (AvgIpc) is 3.58. The summed E-state index contributed by atoms with van der Waals surface area (Å²) in [5.41, 5.74) is 18.7. The molecule has 8 aromatic rings. The van der Waals surface area contributed by atoms with Crippen molar-refractivity contribution in [3.8, 4) is 60.8 Å². The number of fused-ring (bicyclic) bond motifs is 2. The maximum atomic E-state index is 11.2. The van der Waals surface area contributed by atoms with Gasteiger partial charge in [-0.3, -0.25) is 4.98 Å². The van der Waals surface area contributed by atoms with Gasteiger partial charge in [0.15, 0.2) is 0 Å². The number of hydrogen-bond donors (Lipinski definition) is 1. The van der Waals surface area contributed by atoms with E-state index >= 15 is 0 Å². The van der Waals surface area contributed by atoms with Crippen molar-refractivity contribution in [3.63, 3.8) is 0 Å². The van der Waals surface area contributed by atoms with E-state index in [9.17, 15) is 5.11 Å². The van der Waals surface area contributed by atoms with E-state index in [-0.39, 0.29) is 37.6 Å². The van der Waals surface area contributed by atoms with Crippen molar-refractivity contribution >= 4 is 32.5 Å². The molecule has 290 valence electrons. The Kier molecular flexibility index (Phi) is 10.7. The van der Waals surface area contributed by atoms with Crippen LogP contribution in [0.4, 0.5) is 0 Å². The summed E-state index contributed by atoms with van der Waals surface area (Å²) in [6, 6.07) is 40.9. The van der Waals surface area contributed by atoms with Crippen LogP contribution in [0.3, 0.4) is 0 Å². The third-order valence-corrected chi connectivity index (χ3v) is 12.1. The van der Waals surface area contributed by atoms with E-state index in [0.29, 0.717) is 0 Å². The minimum Gasteiger partial charge on any atom is -0.507 e. The van der Waals surface area contributed by atoms with Gasteiger partial charge >= 0.3 is 0 Å². The molecule has 57 heavy (non-hydrogen) atoms. The molecule has 0 saturated carbocycles. The van der Waals surface area contributed by atoms with Gasteiger partial charge in [-0.05, 0) is 124 Å². The fourth-order valence-corrected chi connectivity index (χ4v) is 9.07. The Labute approximate surface area is 356 Å². The fourth-order valence-electron chi connectivity index (χ4n) is 8.01. The molecule has 0 aliphatic heterocycles. The van der Waals surface area contributed by atoms with Gasteiger partial charge in [-0.15, -0.1) is 46.7 Å². The quantitative estimate of drug-likeness (QED) is 0.175. The second-order valence-electron chi connectivity index (χ2n) is 17.5. The van der Waals surface area contributed by atoms with Crippen molar-refractivity contribution in [2.24, 2.45) is 0 Å². The first-order chi connectivity index (χ1) is 26.5. The van der Waals surface area contributed by atoms with E-state index < -0.39 is 0 Å². The average molecular weight is 945 g/mol. The summed E-state index contributed by atoms with van der Waals surface area (Å²) < 4.78 is 1.06. The summed E-state index contributed by atoms with van der Waals surface area (Å²) in [7, 11) is 0. The Hall–Kier alpha value is -4.89. The number of aryl methyl sites for hydroxylation is 4. The molecular weight excluding hydrogens is 896 g/mol. The van der Waals surface area contributed by atoms with Gasteiger partial charge in [-0.2, -0.15) is 0 Å². The fraction of sp³-hybridized carbons (Fsp3) is 0.231. The first kappa shape index (κ1) is 40.3. The number of hydrogen-bond acceptors (Lipinski definition) is 4. The monoisotopic (exact) mass is 944 g/mol. The van der Waals surface area contributed by atoms with Crippen LogP contribution < -0.4 is 0 Å². The van der Waals surface area contributed by atoms with Crippen LogP contribution in [0.25, 0.3) is 76.2 Å². The van der Waals surface area contributed by atoms with E-state index in [2.05, 4.69) is 166 Å². The van der Waals surface area contributed by atoms with Crippen molar-refractivity contribution in [1.82, 2.24) is 9.97 Å². The molecule has 0 aliphatic carbocycles. The largest absolute Gasteiger partial charge is 0.507 e. The van der Waals surface area contributed by atoms with Crippen LogP contribution in [0.2, 0.25) is 0 Å². The Bertz CT molecular complexity index is 2790. The summed E-state index contributed by atoms with van der Waals surface area (Å²) in [6.07, 6.45) is 1.91. The molecule has 8 rings (SSSR count). The minimum atomic E-state index is -0.0716. The molecule has 0 spiro atoms. The maximum Gasteiger partial charge on any atom is 0.127 e. The summed E-state index contributed by atoms with van der Waals surface area (Å²) in [5, 5.41) is 13.1. The van der Waals surface area contributed by atoms with Crippen LogP contribution in [0, 0.1) is 33.8 Å². The number of aromatic nitrogens is 2. The number of phenolic OH excluding ortho intramolecular Hbond substituents is 1. The van der Waals surface area contributed by atoms with Crippen molar-refractivity contribution in [2.75, 3.05) is 0 Å². The normalized spacial score (nSPS) is 12.0. The Morgan fingerprint density at radius 2 is 1.19 bits per heavy atom. The first-order valence-electron chi connectivity index (χ1n) is 19.5. The summed E-state index contributed by atoms with van der Waals surface area (Å²) in [5.74, 6) is 0.235. The molecule has 0 radical (unpaired) electrons. The number of thiazole rings is 1. The minimum absolute atomic E-state index is 0. The molecule has 0 aliphatic rings. The van der Waals surface area contributed by atoms with Crippen molar-refractivity contribution in [3.05, 3.63) is 149 Å². The number of benzene rings is 6. The second-order valence-corrected chi connectivity index (χ2v) is 18.5. The van der Waals surface area contributed by atoms with Crippen LogP contribution in [-0.4, -0.2) is 15.1 Å². The van der Waals surface area contributed by atoms with Gasteiger partial charge in [0.25, 0.3) is 0 Å². The van der Waals surface area contributed by atoms with Crippen LogP contribution in [0.15, 0.2) is 109 Å². The molecule has 0 bridgehead atoms. The standard InChI is InChI=1S/C52H49N2OS.Pt/c1-30-22-32(3)47(33(4)23-30)38-26-41-31(2)20-21-53-48(41)42(27-38)35-12-11-13-36(24-35)43-25-37(34-14-16-39(17-15-34)51(5,6)7)28-46-49(43)54-50(56-46)44-29-40(52(8,9)10)18-19-45(44)55;/h11-23,25-29,55H,1-10H3;/q-1;. The Morgan fingerprint density at radius 3 is 1.84 bits per heavy atom. The van der Waals surface area contributed by atoms with Crippen LogP contribution >= 0.6 is 11.3 Å². The van der Waals surface area contributed by atoms with E-state index in [1.165, 1.54) is 38.9 Å². The van der Waals surface area contributed by atoms with Crippen LogP contribution in [0.1, 0.15) is 74.9 Å². The van der Waals surface area contributed by atoms with Gasteiger partial charge in [0.2, 0.25) is 0 Å². The second kappa shape index (κ2) is 15.1. The van der Waals surface area contributed by atoms with Gasteiger partial charge in [-0.25, -0.2) is 4.98 Å². The molecule has 2 aromatic heterocycles. The molecule has 5 heteroatoms. The van der Waals surface area contributed by atoms with Gasteiger partial charge < -0.3 is 5.11 Å². The number of pyridine rings is 1. The molecule has 0 atom stereocenters. The Morgan fingerprint density at radius 1 is 0.579 bits per heavy atom. The third-order valence-electron chi connectivity index (χ3n) is 11.1. The molecule has 0 amide bonds. The molecule has 0 saturated heterocycles. The number of aromatic hydroxyl groups is 1. The van der Waals surface area contributed by atoms with Gasteiger partial charge in [0.1, 0.15) is 10.8 Å². The van der Waals surface area contributed by atoms with E-state index in [0.717, 1.165) is 70.6 Å². The van der Waals surface area contributed by atoms with Crippen molar-refractivity contribution < 1.29 is 26.2 Å². The van der Waals surface area contributed by atoms with E-state index in [4.69, 9.17) is 9.97 Å². The predicted molar refractivity (Wildman–Crippen MR) is 239 cm³/mol. The van der Waals surface area contributed by atoms with Crippen molar-refractivity contribution in [1.29, 1.82) is 0 Å². The van der Waals surface area contributed by atoms with Gasteiger partial charge in [-0.1, -0.05) is 113 Å². The first-order valence-corrected chi connectivity index (χ1v) is 20.3. The molecule has 1 N–H and O–H groups in total. The molecule has 6 aromatic carbocycles. The smallest absolute Gasteiger partial charge is 0.127 e. The SMILES string of the molecule is Cc1cc(C)c(-c2cc(-c3[c-]c(-c4cc(-c5ccc(C(C)(C)C)cc5)cc5sc(-c6cc(C(C)(C)C)ccc6O)nc45)ccc3)c3nccc(C)c3c2)c(C)c1.[Pt]. The van der Waals surface area contributed by atoms with Gasteiger partial charge in [0, 0.05) is 37.5 Å². The topological polar surface area (TPSA) is 46.0 Å². The Balaban J connectivity index is 0.00000496. The molecular formula is C52H49N2OPtS-.